The van der Waals surface area contributed by atoms with Crippen molar-refractivity contribution < 1.29 is 4.74 Å². The van der Waals surface area contributed by atoms with E-state index in [9.17, 15) is 0 Å². The van der Waals surface area contributed by atoms with E-state index >= 15 is 0 Å². The molecule has 2 aromatic rings. The van der Waals surface area contributed by atoms with Gasteiger partial charge in [-0.15, -0.1) is 0 Å². The Bertz CT molecular complexity index is 624. The first kappa shape index (κ1) is 12.5. The zero-order valence-electron chi connectivity index (χ0n) is 10.8. The third-order valence-corrected chi connectivity index (χ3v) is 3.89. The fraction of sp³-hybridized carbons (Fsp3) is 0.250. The van der Waals surface area contributed by atoms with E-state index in [1.54, 1.807) is 0 Å². The zero-order valence-corrected chi connectivity index (χ0v) is 11.6. The molecule has 2 nitrogen and oxygen atoms in total. The van der Waals surface area contributed by atoms with Gasteiger partial charge in [0.25, 0.3) is 0 Å². The molecule has 1 unspecified atom stereocenters. The van der Waals surface area contributed by atoms with Crippen molar-refractivity contribution in [1.82, 2.24) is 0 Å². The predicted octanol–water partition coefficient (Wildman–Crippen LogP) is 3.63. The predicted molar refractivity (Wildman–Crippen MR) is 77.9 cm³/mol. The molecule has 0 aliphatic carbocycles. The van der Waals surface area contributed by atoms with Crippen molar-refractivity contribution in [2.24, 2.45) is 5.73 Å². The molecule has 2 aromatic carbocycles. The molecule has 1 heterocycles. The van der Waals surface area contributed by atoms with E-state index < -0.39 is 0 Å². The first-order valence-electron chi connectivity index (χ1n) is 6.42. The van der Waals surface area contributed by atoms with E-state index in [1.807, 2.05) is 37.3 Å². The van der Waals surface area contributed by atoms with Crippen molar-refractivity contribution in [3.8, 4) is 5.75 Å². The van der Waals surface area contributed by atoms with Gasteiger partial charge in [-0.3, -0.25) is 0 Å². The first-order valence-corrected chi connectivity index (χ1v) is 6.80. The van der Waals surface area contributed by atoms with Crippen LogP contribution in [0.2, 0.25) is 5.02 Å². The van der Waals surface area contributed by atoms with Gasteiger partial charge in [0.1, 0.15) is 5.75 Å². The van der Waals surface area contributed by atoms with Crippen LogP contribution in [0.15, 0.2) is 36.4 Å². The number of nitrogens with two attached hydrogens (primary N) is 1. The van der Waals surface area contributed by atoms with Gasteiger partial charge in [0, 0.05) is 11.4 Å². The number of benzene rings is 2. The number of rotatable bonds is 2. The van der Waals surface area contributed by atoms with Crippen LogP contribution in [-0.4, -0.2) is 6.61 Å². The Kier molecular flexibility index (Phi) is 3.21. The molecule has 0 aromatic heterocycles. The second kappa shape index (κ2) is 4.87. The molecule has 0 saturated carbocycles. The molecular formula is C16H16ClNO. The molecule has 3 rings (SSSR count). The van der Waals surface area contributed by atoms with E-state index in [4.69, 9.17) is 22.1 Å². The molecule has 3 heteroatoms. The molecule has 0 amide bonds. The Labute approximate surface area is 118 Å². The van der Waals surface area contributed by atoms with E-state index in [2.05, 4.69) is 6.07 Å². The fourth-order valence-electron chi connectivity index (χ4n) is 2.46. The molecule has 0 bridgehead atoms. The lowest BCUT2D eigenvalue weighted by atomic mass is 9.96. The van der Waals surface area contributed by atoms with Crippen LogP contribution >= 0.6 is 11.6 Å². The minimum absolute atomic E-state index is 0.195. The van der Waals surface area contributed by atoms with Gasteiger partial charge in [-0.25, -0.2) is 0 Å². The van der Waals surface area contributed by atoms with Gasteiger partial charge in [0.2, 0.25) is 0 Å². The minimum atomic E-state index is -0.195. The van der Waals surface area contributed by atoms with Gasteiger partial charge in [0.05, 0.1) is 12.6 Å². The molecule has 1 atom stereocenters. The summed E-state index contributed by atoms with van der Waals surface area (Å²) in [5.74, 6) is 0.978. The highest BCUT2D eigenvalue weighted by Crippen LogP contribution is 2.32. The topological polar surface area (TPSA) is 35.2 Å². The van der Waals surface area contributed by atoms with E-state index in [1.165, 1.54) is 5.56 Å². The Morgan fingerprint density at radius 2 is 2.05 bits per heavy atom. The minimum Gasteiger partial charge on any atom is -0.493 e. The van der Waals surface area contributed by atoms with Crippen LogP contribution in [0.5, 0.6) is 5.75 Å². The van der Waals surface area contributed by atoms with Crippen molar-refractivity contribution in [2.75, 3.05) is 6.61 Å². The Morgan fingerprint density at radius 1 is 1.21 bits per heavy atom. The summed E-state index contributed by atoms with van der Waals surface area (Å²) in [4.78, 5) is 0. The molecule has 19 heavy (non-hydrogen) atoms. The van der Waals surface area contributed by atoms with Crippen molar-refractivity contribution in [1.29, 1.82) is 0 Å². The lowest BCUT2D eigenvalue weighted by Gasteiger charge is -2.15. The number of hydrogen-bond acceptors (Lipinski definition) is 2. The summed E-state index contributed by atoms with van der Waals surface area (Å²) in [6.45, 7) is 2.78. The highest BCUT2D eigenvalue weighted by atomic mass is 35.5. The zero-order chi connectivity index (χ0) is 13.4. The smallest absolute Gasteiger partial charge is 0.122 e. The number of ether oxygens (including phenoxy) is 1. The standard InChI is InChI=1S/C16H16ClNO/c1-10-2-4-13(14(17)8-10)16(18)12-3-5-15-11(9-12)6-7-19-15/h2-5,8-9,16H,6-7,18H2,1H3. The van der Waals surface area contributed by atoms with Gasteiger partial charge in [0.15, 0.2) is 0 Å². The number of fused-ring (bicyclic) bond motifs is 1. The maximum absolute atomic E-state index is 6.34. The normalized spacial score (nSPS) is 14.9. The average molecular weight is 274 g/mol. The monoisotopic (exact) mass is 273 g/mol. The lowest BCUT2D eigenvalue weighted by molar-refractivity contribution is 0.357. The van der Waals surface area contributed by atoms with Crippen molar-refractivity contribution in [2.45, 2.75) is 19.4 Å². The van der Waals surface area contributed by atoms with E-state index in [-0.39, 0.29) is 6.04 Å². The van der Waals surface area contributed by atoms with E-state index in [0.717, 1.165) is 40.5 Å². The van der Waals surface area contributed by atoms with E-state index in [0.29, 0.717) is 0 Å². The number of halogens is 1. The maximum Gasteiger partial charge on any atom is 0.122 e. The van der Waals surface area contributed by atoms with Gasteiger partial charge >= 0.3 is 0 Å². The van der Waals surface area contributed by atoms with Crippen LogP contribution in [0.3, 0.4) is 0 Å². The number of hydrogen-bond donors (Lipinski definition) is 1. The summed E-state index contributed by atoms with van der Waals surface area (Å²) in [6.07, 6.45) is 0.956. The molecule has 0 radical (unpaired) electrons. The Hall–Kier alpha value is -1.51. The van der Waals surface area contributed by atoms with Crippen LogP contribution in [0.1, 0.15) is 28.3 Å². The van der Waals surface area contributed by atoms with Gasteiger partial charge in [-0.1, -0.05) is 35.9 Å². The van der Waals surface area contributed by atoms with Gasteiger partial charge in [-0.05, 0) is 41.3 Å². The molecule has 0 fully saturated rings. The summed E-state index contributed by atoms with van der Waals surface area (Å²) >= 11 is 6.29. The second-order valence-electron chi connectivity index (χ2n) is 4.97. The SMILES string of the molecule is Cc1ccc(C(N)c2ccc3c(c2)CCO3)c(Cl)c1. The van der Waals surface area contributed by atoms with Crippen LogP contribution < -0.4 is 10.5 Å². The molecule has 1 aliphatic heterocycles. The summed E-state index contributed by atoms with van der Waals surface area (Å²) in [6, 6.07) is 11.9. The average Bonchev–Trinajstić information content (AvgIpc) is 2.85. The maximum atomic E-state index is 6.34. The summed E-state index contributed by atoms with van der Waals surface area (Å²) in [5, 5.41) is 0.726. The Morgan fingerprint density at radius 3 is 2.84 bits per heavy atom. The molecule has 0 spiro atoms. The van der Waals surface area contributed by atoms with Crippen molar-refractivity contribution in [3.05, 3.63) is 63.7 Å². The number of aryl methyl sites for hydroxylation is 1. The van der Waals surface area contributed by atoms with Crippen LogP contribution in [0, 0.1) is 6.92 Å². The molecule has 0 saturated heterocycles. The summed E-state index contributed by atoms with van der Waals surface area (Å²) < 4.78 is 5.51. The van der Waals surface area contributed by atoms with Crippen molar-refractivity contribution in [3.63, 3.8) is 0 Å². The molecular weight excluding hydrogens is 258 g/mol. The van der Waals surface area contributed by atoms with Crippen molar-refractivity contribution >= 4 is 11.6 Å². The third-order valence-electron chi connectivity index (χ3n) is 3.56. The Balaban J connectivity index is 1.97. The summed E-state index contributed by atoms with van der Waals surface area (Å²) in [7, 11) is 0. The highest BCUT2D eigenvalue weighted by molar-refractivity contribution is 6.31. The molecule has 2 N–H and O–H groups in total. The summed E-state index contributed by atoms with van der Waals surface area (Å²) in [5.41, 5.74) is 10.8. The molecule has 98 valence electrons. The van der Waals surface area contributed by atoms with Crippen LogP contribution in [-0.2, 0) is 6.42 Å². The quantitative estimate of drug-likeness (QED) is 0.907. The fourth-order valence-corrected chi connectivity index (χ4v) is 2.82. The van der Waals surface area contributed by atoms with Gasteiger partial charge < -0.3 is 10.5 Å². The lowest BCUT2D eigenvalue weighted by Crippen LogP contribution is -2.12. The molecule has 1 aliphatic rings. The highest BCUT2D eigenvalue weighted by Gasteiger charge is 2.17. The van der Waals surface area contributed by atoms with Crippen LogP contribution in [0.4, 0.5) is 0 Å². The van der Waals surface area contributed by atoms with Gasteiger partial charge in [-0.2, -0.15) is 0 Å². The largest absolute Gasteiger partial charge is 0.493 e. The third kappa shape index (κ3) is 2.34. The second-order valence-corrected chi connectivity index (χ2v) is 5.38. The first-order chi connectivity index (χ1) is 9.15. The van der Waals surface area contributed by atoms with Crippen LogP contribution in [0.25, 0.3) is 0 Å².